The van der Waals surface area contributed by atoms with Gasteiger partial charge < -0.3 is 15.2 Å². The molecule has 0 saturated carbocycles. The van der Waals surface area contributed by atoms with E-state index in [1.54, 1.807) is 18.2 Å². The van der Waals surface area contributed by atoms with Crippen LogP contribution in [0.15, 0.2) is 18.2 Å². The summed E-state index contributed by atoms with van der Waals surface area (Å²) in [5.74, 6) is -0.0360. The molecule has 0 unspecified atom stereocenters. The lowest BCUT2D eigenvalue weighted by Crippen LogP contribution is -2.29. The van der Waals surface area contributed by atoms with Crippen molar-refractivity contribution in [2.24, 2.45) is 0 Å². The molecule has 1 aromatic rings. The number of amides is 1. The number of ether oxygens (including phenoxy) is 1. The summed E-state index contributed by atoms with van der Waals surface area (Å²) >= 11 is 5.91. The molecule has 6 heteroatoms. The first-order valence-corrected chi connectivity index (χ1v) is 5.71. The predicted octanol–water partition coefficient (Wildman–Crippen LogP) is 1.24. The summed E-state index contributed by atoms with van der Waals surface area (Å²) in [5.41, 5.74) is 0.521. The van der Waals surface area contributed by atoms with E-state index in [1.807, 2.05) is 6.07 Å². The van der Waals surface area contributed by atoms with E-state index < -0.39 is 0 Å². The number of aliphatic hydroxyl groups excluding tert-OH is 1. The number of aliphatic hydroxyl groups is 1. The molecule has 0 radical (unpaired) electrons. The second-order valence-corrected chi connectivity index (χ2v) is 3.84. The second kappa shape index (κ2) is 7.54. The molecular weight excluding hydrogens is 256 g/mol. The topological polar surface area (TPSA) is 82.4 Å². The first-order valence-electron chi connectivity index (χ1n) is 5.33. The Labute approximate surface area is 110 Å². The molecule has 0 aliphatic heterocycles. The Morgan fingerprint density at radius 1 is 1.56 bits per heavy atom. The van der Waals surface area contributed by atoms with Crippen LogP contribution < -0.4 is 10.1 Å². The van der Waals surface area contributed by atoms with Crippen molar-refractivity contribution in [3.63, 3.8) is 0 Å². The third kappa shape index (κ3) is 4.24. The van der Waals surface area contributed by atoms with Gasteiger partial charge in [-0.05, 0) is 6.07 Å². The molecule has 1 amide bonds. The summed E-state index contributed by atoms with van der Waals surface area (Å²) < 4.78 is 5.26. The second-order valence-electron chi connectivity index (χ2n) is 3.43. The summed E-state index contributed by atoms with van der Waals surface area (Å²) in [5, 5.41) is 20.3. The maximum Gasteiger partial charge on any atom is 0.257 e. The summed E-state index contributed by atoms with van der Waals surface area (Å²) in [6, 6.07) is 6.88. The van der Waals surface area contributed by atoms with Crippen molar-refractivity contribution in [1.29, 1.82) is 5.26 Å². The number of nitrogens with one attached hydrogen (secondary N) is 1. The van der Waals surface area contributed by atoms with Crippen LogP contribution in [0.1, 0.15) is 12.0 Å². The summed E-state index contributed by atoms with van der Waals surface area (Å²) in [7, 11) is 0. The van der Waals surface area contributed by atoms with E-state index >= 15 is 0 Å². The molecule has 1 aromatic carbocycles. The molecule has 0 aliphatic rings. The van der Waals surface area contributed by atoms with E-state index in [1.165, 1.54) is 0 Å². The minimum atomic E-state index is -0.339. The van der Waals surface area contributed by atoms with E-state index in [2.05, 4.69) is 5.32 Å². The molecule has 96 valence electrons. The number of rotatable bonds is 6. The van der Waals surface area contributed by atoms with Gasteiger partial charge in [-0.3, -0.25) is 4.79 Å². The Morgan fingerprint density at radius 2 is 2.33 bits per heavy atom. The van der Waals surface area contributed by atoms with Gasteiger partial charge in [-0.2, -0.15) is 5.26 Å². The average molecular weight is 269 g/mol. The molecule has 0 bridgehead atoms. The summed E-state index contributed by atoms with van der Waals surface area (Å²) in [6.07, 6.45) is 0.250. The number of hydrogen-bond acceptors (Lipinski definition) is 4. The van der Waals surface area contributed by atoms with Crippen LogP contribution in [0.3, 0.4) is 0 Å². The van der Waals surface area contributed by atoms with Crippen molar-refractivity contribution in [1.82, 2.24) is 5.32 Å². The van der Waals surface area contributed by atoms with Crippen molar-refractivity contribution >= 4 is 17.5 Å². The van der Waals surface area contributed by atoms with Gasteiger partial charge in [-0.15, -0.1) is 0 Å². The van der Waals surface area contributed by atoms with Crippen molar-refractivity contribution in [3.05, 3.63) is 28.8 Å². The SMILES string of the molecule is N#CCCNC(=O)COc1c(Cl)cccc1CO. The minimum Gasteiger partial charge on any atom is -0.482 e. The van der Waals surface area contributed by atoms with Gasteiger partial charge in [0.2, 0.25) is 0 Å². The lowest BCUT2D eigenvalue weighted by atomic mass is 10.2. The fraction of sp³-hybridized carbons (Fsp3) is 0.333. The van der Waals surface area contributed by atoms with E-state index in [-0.39, 0.29) is 32.1 Å². The Hall–Kier alpha value is -1.77. The van der Waals surface area contributed by atoms with E-state index in [0.29, 0.717) is 16.3 Å². The van der Waals surface area contributed by atoms with Crippen LogP contribution in [0.5, 0.6) is 5.75 Å². The average Bonchev–Trinajstić information content (AvgIpc) is 2.37. The van der Waals surface area contributed by atoms with Crippen molar-refractivity contribution in [3.8, 4) is 11.8 Å². The van der Waals surface area contributed by atoms with E-state index in [4.69, 9.17) is 26.7 Å². The van der Waals surface area contributed by atoms with Gasteiger partial charge in [-0.25, -0.2) is 0 Å². The Kier molecular flexibility index (Phi) is 5.98. The van der Waals surface area contributed by atoms with Crippen molar-refractivity contribution in [2.75, 3.05) is 13.2 Å². The number of hydrogen-bond donors (Lipinski definition) is 2. The molecular formula is C12H13ClN2O3. The monoisotopic (exact) mass is 268 g/mol. The number of carbonyl (C=O) groups is 1. The molecule has 0 aromatic heterocycles. The normalized spacial score (nSPS) is 9.61. The number of benzene rings is 1. The smallest absolute Gasteiger partial charge is 0.257 e. The largest absolute Gasteiger partial charge is 0.482 e. The number of halogens is 1. The Bertz CT molecular complexity index is 457. The van der Waals surface area contributed by atoms with Crippen LogP contribution in [0, 0.1) is 11.3 Å². The molecule has 0 spiro atoms. The summed E-state index contributed by atoms with van der Waals surface area (Å²) in [6.45, 7) is -0.137. The fourth-order valence-electron chi connectivity index (χ4n) is 1.29. The van der Waals surface area contributed by atoms with Crippen molar-refractivity contribution < 1.29 is 14.6 Å². The third-order valence-corrected chi connectivity index (χ3v) is 2.42. The van der Waals surface area contributed by atoms with Gasteiger partial charge in [0.15, 0.2) is 6.61 Å². The van der Waals surface area contributed by atoms with Crippen LogP contribution in [0.25, 0.3) is 0 Å². The molecule has 0 fully saturated rings. The van der Waals surface area contributed by atoms with Gasteiger partial charge in [0.25, 0.3) is 5.91 Å². The molecule has 0 aliphatic carbocycles. The zero-order valence-electron chi connectivity index (χ0n) is 9.65. The lowest BCUT2D eigenvalue weighted by molar-refractivity contribution is -0.123. The molecule has 18 heavy (non-hydrogen) atoms. The van der Waals surface area contributed by atoms with Crippen LogP contribution in [0.4, 0.5) is 0 Å². The quantitative estimate of drug-likeness (QED) is 0.761. The van der Waals surface area contributed by atoms with E-state index in [0.717, 1.165) is 0 Å². The zero-order chi connectivity index (χ0) is 13.4. The van der Waals surface area contributed by atoms with Crippen LogP contribution in [-0.4, -0.2) is 24.2 Å². The number of carbonyl (C=O) groups excluding carboxylic acids is 1. The standard InChI is InChI=1S/C12H13ClN2O3/c13-10-4-1-3-9(7-16)12(10)18-8-11(17)15-6-2-5-14/h1,3-4,16H,2,6-8H2,(H,15,17). The van der Waals surface area contributed by atoms with Gasteiger partial charge in [0.05, 0.1) is 24.1 Å². The number of nitrogens with zero attached hydrogens (tertiary/aromatic N) is 1. The third-order valence-electron chi connectivity index (χ3n) is 2.13. The van der Waals surface area contributed by atoms with Crippen LogP contribution in [0.2, 0.25) is 5.02 Å². The van der Waals surface area contributed by atoms with E-state index in [9.17, 15) is 4.79 Å². The molecule has 1 rings (SSSR count). The highest BCUT2D eigenvalue weighted by molar-refractivity contribution is 6.32. The van der Waals surface area contributed by atoms with Gasteiger partial charge >= 0.3 is 0 Å². The molecule has 0 heterocycles. The first-order chi connectivity index (χ1) is 8.69. The zero-order valence-corrected chi connectivity index (χ0v) is 10.4. The van der Waals surface area contributed by atoms with Gasteiger partial charge in [-0.1, -0.05) is 23.7 Å². The highest BCUT2D eigenvalue weighted by atomic mass is 35.5. The first kappa shape index (κ1) is 14.3. The van der Waals surface area contributed by atoms with Crippen LogP contribution >= 0.6 is 11.6 Å². The van der Waals surface area contributed by atoms with Crippen molar-refractivity contribution in [2.45, 2.75) is 13.0 Å². The van der Waals surface area contributed by atoms with Gasteiger partial charge in [0.1, 0.15) is 5.75 Å². The molecule has 2 N–H and O–H groups in total. The Balaban J connectivity index is 2.53. The fourth-order valence-corrected chi connectivity index (χ4v) is 1.53. The lowest BCUT2D eigenvalue weighted by Gasteiger charge is -2.11. The number of para-hydroxylation sites is 1. The predicted molar refractivity (Wildman–Crippen MR) is 66.1 cm³/mol. The minimum absolute atomic E-state index is 0.206. The summed E-state index contributed by atoms with van der Waals surface area (Å²) in [4.78, 5) is 11.4. The number of nitriles is 1. The maximum atomic E-state index is 11.4. The molecule has 0 atom stereocenters. The molecule has 0 saturated heterocycles. The molecule has 5 nitrogen and oxygen atoms in total. The maximum absolute atomic E-state index is 11.4. The van der Waals surface area contributed by atoms with Gasteiger partial charge in [0, 0.05) is 12.1 Å². The highest BCUT2D eigenvalue weighted by Crippen LogP contribution is 2.28. The van der Waals surface area contributed by atoms with Crippen LogP contribution in [-0.2, 0) is 11.4 Å². The highest BCUT2D eigenvalue weighted by Gasteiger charge is 2.09. The Morgan fingerprint density at radius 3 is 3.00 bits per heavy atom.